The van der Waals surface area contributed by atoms with E-state index in [0.717, 1.165) is 18.3 Å². The van der Waals surface area contributed by atoms with Gasteiger partial charge in [0, 0.05) is 12.7 Å². The molecular weight excluding hydrogens is 236 g/mol. The molecule has 4 nitrogen and oxygen atoms in total. The Labute approximate surface area is 107 Å². The highest BCUT2D eigenvalue weighted by molar-refractivity contribution is 6.28. The number of piperidine rings is 1. The predicted molar refractivity (Wildman–Crippen MR) is 70.4 cm³/mol. The highest BCUT2D eigenvalue weighted by Crippen LogP contribution is 2.19. The molecule has 0 aromatic carbocycles. The van der Waals surface area contributed by atoms with E-state index in [0.29, 0.717) is 5.28 Å². The highest BCUT2D eigenvalue weighted by Gasteiger charge is 2.15. The van der Waals surface area contributed by atoms with Crippen molar-refractivity contribution in [3.63, 3.8) is 0 Å². The van der Waals surface area contributed by atoms with Crippen molar-refractivity contribution in [3.8, 4) is 0 Å². The van der Waals surface area contributed by atoms with Crippen LogP contribution in [-0.2, 0) is 0 Å². The largest absolute Gasteiger partial charge is 0.370 e. The van der Waals surface area contributed by atoms with Crippen LogP contribution in [0.25, 0.3) is 0 Å². The maximum absolute atomic E-state index is 5.72. The third kappa shape index (κ3) is 4.13. The molecule has 0 spiro atoms. The number of halogens is 1. The van der Waals surface area contributed by atoms with Gasteiger partial charge in [0.1, 0.15) is 5.82 Å². The summed E-state index contributed by atoms with van der Waals surface area (Å²) in [6.45, 7) is 3.41. The fourth-order valence-corrected chi connectivity index (χ4v) is 2.34. The highest BCUT2D eigenvalue weighted by atomic mass is 35.5. The molecule has 1 saturated heterocycles. The quantitative estimate of drug-likeness (QED) is 0.837. The van der Waals surface area contributed by atoms with Gasteiger partial charge in [-0.3, -0.25) is 0 Å². The summed E-state index contributed by atoms with van der Waals surface area (Å²) < 4.78 is 0. The number of likely N-dealkylation sites (tertiary alicyclic amines) is 1. The molecule has 1 aromatic heterocycles. The standard InChI is InChI=1S/C12H19ClN4/c1-17-8-4-10(5-9-17)2-6-14-11-3-7-15-12(13)16-11/h3,7,10H,2,4-6,8-9H2,1H3,(H,14,15,16). The molecule has 0 radical (unpaired) electrons. The van der Waals surface area contributed by atoms with E-state index in [-0.39, 0.29) is 0 Å². The second kappa shape index (κ2) is 6.17. The van der Waals surface area contributed by atoms with Crippen LogP contribution < -0.4 is 5.32 Å². The van der Waals surface area contributed by atoms with Gasteiger partial charge in [-0.25, -0.2) is 9.97 Å². The topological polar surface area (TPSA) is 41.0 Å². The first-order valence-electron chi connectivity index (χ1n) is 6.15. The second-order valence-corrected chi connectivity index (χ2v) is 5.01. The van der Waals surface area contributed by atoms with E-state index in [9.17, 15) is 0 Å². The summed E-state index contributed by atoms with van der Waals surface area (Å²) in [5.41, 5.74) is 0. The normalized spacial score (nSPS) is 18.2. The molecule has 0 unspecified atom stereocenters. The SMILES string of the molecule is CN1CCC(CCNc2ccnc(Cl)n2)CC1. The Kier molecular flexibility index (Phi) is 4.57. The summed E-state index contributed by atoms with van der Waals surface area (Å²) >= 11 is 5.72. The van der Waals surface area contributed by atoms with Gasteiger partial charge in [0.15, 0.2) is 0 Å². The Hall–Kier alpha value is -0.870. The van der Waals surface area contributed by atoms with Crippen molar-refractivity contribution in [1.82, 2.24) is 14.9 Å². The van der Waals surface area contributed by atoms with Gasteiger partial charge < -0.3 is 10.2 Å². The molecule has 1 aromatic rings. The summed E-state index contributed by atoms with van der Waals surface area (Å²) in [6.07, 6.45) is 5.49. The smallest absolute Gasteiger partial charge is 0.224 e. The fourth-order valence-electron chi connectivity index (χ4n) is 2.19. The average Bonchev–Trinajstić information content (AvgIpc) is 2.32. The van der Waals surface area contributed by atoms with Gasteiger partial charge >= 0.3 is 0 Å². The Morgan fingerprint density at radius 3 is 2.94 bits per heavy atom. The summed E-state index contributed by atoms with van der Waals surface area (Å²) in [5, 5.41) is 3.60. The van der Waals surface area contributed by atoms with Crippen LogP contribution in [0.15, 0.2) is 12.3 Å². The first-order valence-corrected chi connectivity index (χ1v) is 6.53. The lowest BCUT2D eigenvalue weighted by Crippen LogP contribution is -2.30. The van der Waals surface area contributed by atoms with E-state index in [1.165, 1.54) is 32.4 Å². The average molecular weight is 255 g/mol. The van der Waals surface area contributed by atoms with Crippen molar-refractivity contribution >= 4 is 17.4 Å². The maximum atomic E-state index is 5.72. The van der Waals surface area contributed by atoms with Crippen LogP contribution in [0.5, 0.6) is 0 Å². The lowest BCUT2D eigenvalue weighted by Gasteiger charge is -2.28. The molecule has 94 valence electrons. The van der Waals surface area contributed by atoms with Crippen molar-refractivity contribution in [2.24, 2.45) is 5.92 Å². The van der Waals surface area contributed by atoms with E-state index in [1.807, 2.05) is 6.07 Å². The molecule has 0 amide bonds. The maximum Gasteiger partial charge on any atom is 0.224 e. The number of hydrogen-bond donors (Lipinski definition) is 1. The zero-order valence-electron chi connectivity index (χ0n) is 10.2. The van der Waals surface area contributed by atoms with E-state index in [4.69, 9.17) is 11.6 Å². The minimum Gasteiger partial charge on any atom is -0.370 e. The molecule has 2 rings (SSSR count). The minimum absolute atomic E-state index is 0.300. The van der Waals surface area contributed by atoms with E-state index in [1.54, 1.807) is 6.20 Å². The van der Waals surface area contributed by atoms with Crippen molar-refractivity contribution in [1.29, 1.82) is 0 Å². The van der Waals surface area contributed by atoms with Gasteiger partial charge in [-0.05, 0) is 63.0 Å². The van der Waals surface area contributed by atoms with Crippen molar-refractivity contribution < 1.29 is 0 Å². The summed E-state index contributed by atoms with van der Waals surface area (Å²) in [4.78, 5) is 10.4. The molecular formula is C12H19ClN4. The molecule has 1 N–H and O–H groups in total. The van der Waals surface area contributed by atoms with Crippen LogP contribution in [0.4, 0.5) is 5.82 Å². The predicted octanol–water partition coefficient (Wildman–Crippen LogP) is 2.27. The molecule has 0 atom stereocenters. The fraction of sp³-hybridized carbons (Fsp3) is 0.667. The Morgan fingerprint density at radius 1 is 1.47 bits per heavy atom. The number of nitrogens with zero attached hydrogens (tertiary/aromatic N) is 3. The molecule has 2 heterocycles. The van der Waals surface area contributed by atoms with Gasteiger partial charge in [-0.2, -0.15) is 0 Å². The zero-order chi connectivity index (χ0) is 12.1. The Bertz CT molecular complexity index is 350. The third-order valence-electron chi connectivity index (χ3n) is 3.32. The summed E-state index contributed by atoms with van der Waals surface area (Å²) in [5.74, 6) is 1.66. The van der Waals surface area contributed by atoms with E-state index in [2.05, 4.69) is 27.2 Å². The van der Waals surface area contributed by atoms with Crippen LogP contribution >= 0.6 is 11.6 Å². The van der Waals surface area contributed by atoms with E-state index >= 15 is 0 Å². The minimum atomic E-state index is 0.300. The van der Waals surface area contributed by atoms with Crippen molar-refractivity contribution in [2.45, 2.75) is 19.3 Å². The van der Waals surface area contributed by atoms with E-state index < -0.39 is 0 Å². The number of nitrogens with one attached hydrogen (secondary N) is 1. The van der Waals surface area contributed by atoms with Gasteiger partial charge in [-0.1, -0.05) is 0 Å². The molecule has 1 fully saturated rings. The number of anilines is 1. The molecule has 5 heteroatoms. The van der Waals surface area contributed by atoms with Crippen LogP contribution in [0.2, 0.25) is 5.28 Å². The van der Waals surface area contributed by atoms with Crippen LogP contribution in [0.3, 0.4) is 0 Å². The molecule has 1 aliphatic heterocycles. The lowest BCUT2D eigenvalue weighted by molar-refractivity contribution is 0.215. The number of hydrogen-bond acceptors (Lipinski definition) is 4. The zero-order valence-corrected chi connectivity index (χ0v) is 11.0. The van der Waals surface area contributed by atoms with Crippen LogP contribution in [0.1, 0.15) is 19.3 Å². The van der Waals surface area contributed by atoms with Crippen LogP contribution in [0, 0.1) is 5.92 Å². The Morgan fingerprint density at radius 2 is 2.24 bits per heavy atom. The lowest BCUT2D eigenvalue weighted by atomic mass is 9.94. The van der Waals surface area contributed by atoms with Gasteiger partial charge in [0.25, 0.3) is 0 Å². The second-order valence-electron chi connectivity index (χ2n) is 4.67. The van der Waals surface area contributed by atoms with Gasteiger partial charge in [-0.15, -0.1) is 0 Å². The first-order chi connectivity index (χ1) is 8.24. The molecule has 0 saturated carbocycles. The van der Waals surface area contributed by atoms with Crippen LogP contribution in [-0.4, -0.2) is 41.5 Å². The number of aromatic nitrogens is 2. The molecule has 0 bridgehead atoms. The first kappa shape index (κ1) is 12.6. The molecule has 0 aliphatic carbocycles. The summed E-state index contributed by atoms with van der Waals surface area (Å²) in [7, 11) is 2.19. The monoisotopic (exact) mass is 254 g/mol. The molecule has 1 aliphatic rings. The summed E-state index contributed by atoms with van der Waals surface area (Å²) in [6, 6.07) is 1.85. The molecule has 17 heavy (non-hydrogen) atoms. The van der Waals surface area contributed by atoms with Gasteiger partial charge in [0.05, 0.1) is 0 Å². The van der Waals surface area contributed by atoms with Crippen molar-refractivity contribution in [3.05, 3.63) is 17.5 Å². The number of rotatable bonds is 4. The third-order valence-corrected chi connectivity index (χ3v) is 3.51. The van der Waals surface area contributed by atoms with Crippen molar-refractivity contribution in [2.75, 3.05) is 32.0 Å². The van der Waals surface area contributed by atoms with Gasteiger partial charge in [0.2, 0.25) is 5.28 Å². The Balaban J connectivity index is 1.69.